The molecule has 2 fully saturated rings. The molecular formula is C22H30N2O2S. The molecule has 2 aromatic rings. The highest BCUT2D eigenvalue weighted by atomic mass is 32.1. The van der Waals surface area contributed by atoms with Crippen molar-refractivity contribution in [2.75, 3.05) is 39.4 Å². The highest BCUT2D eigenvalue weighted by Gasteiger charge is 2.28. The minimum Gasteiger partial charge on any atom is -0.378 e. The van der Waals surface area contributed by atoms with Crippen molar-refractivity contribution >= 4 is 27.3 Å². The maximum absolute atomic E-state index is 13.3. The Bertz CT molecular complexity index is 780. The quantitative estimate of drug-likeness (QED) is 0.773. The molecule has 0 bridgehead atoms. The van der Waals surface area contributed by atoms with Crippen LogP contribution in [0, 0.1) is 0 Å². The van der Waals surface area contributed by atoms with Gasteiger partial charge >= 0.3 is 0 Å². The minimum atomic E-state index is 0.201. The second-order valence-corrected chi connectivity index (χ2v) is 8.75. The summed E-state index contributed by atoms with van der Waals surface area (Å²) in [7, 11) is 0. The third kappa shape index (κ3) is 4.05. The number of hydrogen-bond acceptors (Lipinski definition) is 4. The monoisotopic (exact) mass is 386 g/mol. The molecule has 0 saturated carbocycles. The molecule has 0 N–H and O–H groups in total. The first kappa shape index (κ1) is 18.9. The average molecular weight is 387 g/mol. The zero-order chi connectivity index (χ0) is 18.6. The van der Waals surface area contributed by atoms with E-state index >= 15 is 0 Å². The second-order valence-electron chi connectivity index (χ2n) is 7.70. The molecule has 1 aromatic heterocycles. The van der Waals surface area contributed by atoms with Gasteiger partial charge < -0.3 is 14.5 Å². The summed E-state index contributed by atoms with van der Waals surface area (Å²) in [6.45, 7) is 7.35. The molecule has 0 aliphatic carbocycles. The van der Waals surface area contributed by atoms with Gasteiger partial charge in [-0.05, 0) is 55.8 Å². The van der Waals surface area contributed by atoms with Crippen LogP contribution < -0.4 is 0 Å². The van der Waals surface area contributed by atoms with Gasteiger partial charge in [-0.1, -0.05) is 31.5 Å². The summed E-state index contributed by atoms with van der Waals surface area (Å²) in [6, 6.07) is 9.10. The van der Waals surface area contributed by atoms with Crippen LogP contribution >= 0.6 is 11.3 Å². The smallest absolute Gasteiger partial charge is 0.264 e. The van der Waals surface area contributed by atoms with E-state index in [9.17, 15) is 4.79 Å². The normalized spacial score (nSPS) is 21.7. The number of ether oxygens (including phenoxy) is 1. The highest BCUT2D eigenvalue weighted by Crippen LogP contribution is 2.35. The van der Waals surface area contributed by atoms with Crippen LogP contribution in [-0.2, 0) is 11.2 Å². The fourth-order valence-corrected chi connectivity index (χ4v) is 5.69. The van der Waals surface area contributed by atoms with Gasteiger partial charge in [0.15, 0.2) is 0 Å². The number of thiophene rings is 1. The predicted octanol–water partition coefficient (Wildman–Crippen LogP) is 4.18. The summed E-state index contributed by atoms with van der Waals surface area (Å²) < 4.78 is 6.68. The second kappa shape index (κ2) is 8.72. The Labute approximate surface area is 166 Å². The fourth-order valence-electron chi connectivity index (χ4n) is 4.49. The molecule has 2 aliphatic rings. The summed E-state index contributed by atoms with van der Waals surface area (Å²) in [5.41, 5.74) is 1.28. The summed E-state index contributed by atoms with van der Waals surface area (Å²) in [5, 5.41) is 1.28. The molecule has 4 rings (SSSR count). The van der Waals surface area contributed by atoms with Crippen LogP contribution in [0.15, 0.2) is 24.3 Å². The molecule has 4 nitrogen and oxygen atoms in total. The topological polar surface area (TPSA) is 32.8 Å². The molecule has 1 aromatic carbocycles. The number of carbonyl (C=O) groups excluding carboxylic acids is 1. The summed E-state index contributed by atoms with van der Waals surface area (Å²) >= 11 is 1.68. The lowest BCUT2D eigenvalue weighted by atomic mass is 9.93. The Kier molecular flexibility index (Phi) is 6.11. The number of rotatable bonds is 5. The molecule has 3 heterocycles. The fraction of sp³-hybridized carbons (Fsp3) is 0.591. The number of fused-ring (bicyclic) bond motifs is 1. The first-order valence-corrected chi connectivity index (χ1v) is 11.2. The van der Waals surface area contributed by atoms with Crippen molar-refractivity contribution in [2.45, 2.75) is 45.1 Å². The molecule has 5 heteroatoms. The molecule has 1 atom stereocenters. The van der Waals surface area contributed by atoms with E-state index < -0.39 is 0 Å². The van der Waals surface area contributed by atoms with Crippen molar-refractivity contribution in [1.82, 2.24) is 9.80 Å². The highest BCUT2D eigenvalue weighted by molar-refractivity contribution is 7.21. The Balaban J connectivity index is 1.66. The molecule has 0 radical (unpaired) electrons. The van der Waals surface area contributed by atoms with E-state index in [1.165, 1.54) is 54.4 Å². The molecule has 1 amide bonds. The molecule has 0 spiro atoms. The number of likely N-dealkylation sites (tertiary alicyclic amines) is 1. The number of morpholine rings is 1. The van der Waals surface area contributed by atoms with E-state index in [0.717, 1.165) is 11.3 Å². The number of piperidine rings is 1. The zero-order valence-electron chi connectivity index (χ0n) is 16.3. The predicted molar refractivity (Wildman–Crippen MR) is 112 cm³/mol. The van der Waals surface area contributed by atoms with Crippen LogP contribution in [0.3, 0.4) is 0 Å². The van der Waals surface area contributed by atoms with Gasteiger partial charge in [-0.15, -0.1) is 11.3 Å². The van der Waals surface area contributed by atoms with Gasteiger partial charge in [0.2, 0.25) is 0 Å². The Morgan fingerprint density at radius 1 is 1.19 bits per heavy atom. The van der Waals surface area contributed by atoms with Crippen LogP contribution in [0.2, 0.25) is 0 Å². The van der Waals surface area contributed by atoms with Crippen molar-refractivity contribution in [3.05, 3.63) is 34.7 Å². The van der Waals surface area contributed by atoms with Crippen LogP contribution in [-0.4, -0.2) is 61.1 Å². The first-order valence-electron chi connectivity index (χ1n) is 10.4. The summed E-state index contributed by atoms with van der Waals surface area (Å²) in [4.78, 5) is 18.9. The van der Waals surface area contributed by atoms with Crippen molar-refractivity contribution in [3.8, 4) is 0 Å². The van der Waals surface area contributed by atoms with Crippen molar-refractivity contribution in [2.24, 2.45) is 0 Å². The number of carbonyl (C=O) groups is 1. The van der Waals surface area contributed by atoms with Gasteiger partial charge in [0.1, 0.15) is 0 Å². The standard InChI is InChI=1S/C22H30N2O2S/c1-2-10-23-11-6-5-7-17(23)16-19-18-8-3-4-9-20(18)27-21(19)22(25)24-12-14-26-15-13-24/h3-4,8-9,17H,2,5-7,10-16H2,1H3/t17-/m1/s1. The van der Waals surface area contributed by atoms with Crippen LogP contribution in [0.5, 0.6) is 0 Å². The Hall–Kier alpha value is -1.43. The number of amides is 1. The zero-order valence-corrected chi connectivity index (χ0v) is 17.1. The lowest BCUT2D eigenvalue weighted by Crippen LogP contribution is -2.42. The number of benzene rings is 1. The van der Waals surface area contributed by atoms with E-state index in [1.54, 1.807) is 11.3 Å². The molecular weight excluding hydrogens is 356 g/mol. The molecule has 2 saturated heterocycles. The third-order valence-corrected chi connectivity index (χ3v) is 7.09. The Morgan fingerprint density at radius 3 is 2.81 bits per heavy atom. The lowest BCUT2D eigenvalue weighted by Gasteiger charge is -2.36. The largest absolute Gasteiger partial charge is 0.378 e. The first-order chi connectivity index (χ1) is 13.3. The molecule has 0 unspecified atom stereocenters. The van der Waals surface area contributed by atoms with Gasteiger partial charge in [0, 0.05) is 23.8 Å². The number of nitrogens with zero attached hydrogens (tertiary/aromatic N) is 2. The van der Waals surface area contributed by atoms with Gasteiger partial charge in [-0.3, -0.25) is 4.79 Å². The van der Waals surface area contributed by atoms with E-state index in [4.69, 9.17) is 4.74 Å². The van der Waals surface area contributed by atoms with Gasteiger partial charge in [-0.25, -0.2) is 0 Å². The van der Waals surface area contributed by atoms with Crippen LogP contribution in [0.1, 0.15) is 47.8 Å². The van der Waals surface area contributed by atoms with Crippen molar-refractivity contribution in [3.63, 3.8) is 0 Å². The van der Waals surface area contributed by atoms with Gasteiger partial charge in [-0.2, -0.15) is 0 Å². The average Bonchev–Trinajstić information content (AvgIpc) is 3.08. The molecule has 146 valence electrons. The van der Waals surface area contributed by atoms with E-state index in [-0.39, 0.29) is 5.91 Å². The Morgan fingerprint density at radius 2 is 2.00 bits per heavy atom. The van der Waals surface area contributed by atoms with Crippen LogP contribution in [0.25, 0.3) is 10.1 Å². The van der Waals surface area contributed by atoms with Crippen molar-refractivity contribution in [1.29, 1.82) is 0 Å². The SMILES string of the molecule is CCCN1CCCC[C@@H]1Cc1c(C(=O)N2CCOCC2)sc2ccccc12. The summed E-state index contributed by atoms with van der Waals surface area (Å²) in [5.74, 6) is 0.201. The third-order valence-electron chi connectivity index (χ3n) is 5.89. The van der Waals surface area contributed by atoms with E-state index in [0.29, 0.717) is 32.3 Å². The maximum Gasteiger partial charge on any atom is 0.264 e. The van der Waals surface area contributed by atoms with Crippen molar-refractivity contribution < 1.29 is 9.53 Å². The van der Waals surface area contributed by atoms with Gasteiger partial charge in [0.25, 0.3) is 5.91 Å². The van der Waals surface area contributed by atoms with E-state index in [1.807, 2.05) is 4.90 Å². The van der Waals surface area contributed by atoms with Gasteiger partial charge in [0.05, 0.1) is 18.1 Å². The van der Waals surface area contributed by atoms with Crippen LogP contribution in [0.4, 0.5) is 0 Å². The molecule has 2 aliphatic heterocycles. The van der Waals surface area contributed by atoms with E-state index in [2.05, 4.69) is 36.1 Å². The molecule has 27 heavy (non-hydrogen) atoms. The minimum absolute atomic E-state index is 0.201. The maximum atomic E-state index is 13.3. The lowest BCUT2D eigenvalue weighted by molar-refractivity contribution is 0.0305. The summed E-state index contributed by atoms with van der Waals surface area (Å²) in [6.07, 6.45) is 6.05. The number of hydrogen-bond donors (Lipinski definition) is 0.